The Morgan fingerprint density at radius 3 is 2.74 bits per heavy atom. The zero-order valence-corrected chi connectivity index (χ0v) is 13.1. The lowest BCUT2D eigenvalue weighted by atomic mass is 10.3. The van der Waals surface area contributed by atoms with E-state index in [2.05, 4.69) is 25.7 Å². The van der Waals surface area contributed by atoms with E-state index in [1.54, 1.807) is 13.3 Å². The number of carbonyl (C=O) groups is 1. The summed E-state index contributed by atoms with van der Waals surface area (Å²) in [5, 5.41) is 0. The van der Waals surface area contributed by atoms with Crippen molar-refractivity contribution < 1.29 is 14.3 Å². The maximum Gasteiger partial charge on any atom is 0.307 e. The molecule has 6 heteroatoms. The van der Waals surface area contributed by atoms with E-state index >= 15 is 0 Å². The molecule has 1 aromatic heterocycles. The number of anilines is 1. The first kappa shape index (κ1) is 15.9. The van der Waals surface area contributed by atoms with Crippen LogP contribution in [0.4, 0.5) is 5.82 Å². The number of hydrogen-bond donors (Lipinski definition) is 0. The van der Waals surface area contributed by atoms with Crippen LogP contribution in [0.15, 0.2) is 16.7 Å². The average molecular weight is 331 g/mol. The summed E-state index contributed by atoms with van der Waals surface area (Å²) in [5.74, 6) is 0.581. The fourth-order valence-corrected chi connectivity index (χ4v) is 2.33. The molecule has 0 spiro atoms. The number of pyridine rings is 1. The molecule has 0 aromatic carbocycles. The molecule has 106 valence electrons. The van der Waals surface area contributed by atoms with Gasteiger partial charge >= 0.3 is 5.97 Å². The Hall–Kier alpha value is -1.14. The summed E-state index contributed by atoms with van der Waals surface area (Å²) in [6.07, 6.45) is 2.13. The second kappa shape index (κ2) is 8.12. The summed E-state index contributed by atoms with van der Waals surface area (Å²) in [7, 11) is 3.04. The molecule has 0 atom stereocenters. The summed E-state index contributed by atoms with van der Waals surface area (Å²) in [4.78, 5) is 17.7. The van der Waals surface area contributed by atoms with Gasteiger partial charge in [-0.2, -0.15) is 0 Å². The van der Waals surface area contributed by atoms with Crippen LogP contribution >= 0.6 is 15.9 Å². The van der Waals surface area contributed by atoms with Crippen LogP contribution in [0.25, 0.3) is 0 Å². The molecule has 0 aliphatic heterocycles. The second-order valence-corrected chi connectivity index (χ2v) is 4.98. The van der Waals surface area contributed by atoms with Crippen molar-refractivity contribution in [3.8, 4) is 0 Å². The number of nitrogens with zero attached hydrogens (tertiary/aromatic N) is 2. The lowest BCUT2D eigenvalue weighted by Crippen LogP contribution is -2.31. The van der Waals surface area contributed by atoms with Crippen LogP contribution in [0.2, 0.25) is 0 Å². The Balaban J connectivity index is 2.79. The largest absolute Gasteiger partial charge is 0.469 e. The second-order valence-electron chi connectivity index (χ2n) is 4.12. The van der Waals surface area contributed by atoms with Crippen molar-refractivity contribution >= 4 is 27.7 Å². The third-order valence-corrected chi connectivity index (χ3v) is 3.22. The van der Waals surface area contributed by atoms with E-state index in [-0.39, 0.29) is 5.97 Å². The Labute approximate surface area is 122 Å². The predicted octanol–water partition coefficient (Wildman–Crippen LogP) is 2.17. The lowest BCUT2D eigenvalue weighted by Gasteiger charge is -2.24. The van der Waals surface area contributed by atoms with Gasteiger partial charge in [0.2, 0.25) is 0 Å². The van der Waals surface area contributed by atoms with Gasteiger partial charge in [-0.25, -0.2) is 4.98 Å². The van der Waals surface area contributed by atoms with Crippen molar-refractivity contribution in [2.24, 2.45) is 0 Å². The van der Waals surface area contributed by atoms with Crippen LogP contribution in [-0.4, -0.2) is 44.9 Å². The molecule has 1 aromatic rings. The standard InChI is InChI=1S/C13H19BrN2O3/c1-10-8-11(14)13(15-9-10)16(6-7-18-2)5-4-12(17)19-3/h8-9H,4-7H2,1-3H3. The van der Waals surface area contributed by atoms with Crippen LogP contribution in [0.1, 0.15) is 12.0 Å². The Kier molecular flexibility index (Phi) is 6.80. The molecule has 0 amide bonds. The summed E-state index contributed by atoms with van der Waals surface area (Å²) in [5.41, 5.74) is 1.08. The Morgan fingerprint density at radius 2 is 2.16 bits per heavy atom. The summed E-state index contributed by atoms with van der Waals surface area (Å²) in [6, 6.07) is 2.00. The minimum absolute atomic E-state index is 0.231. The number of ether oxygens (including phenoxy) is 2. The van der Waals surface area contributed by atoms with Crippen LogP contribution in [0, 0.1) is 6.92 Å². The minimum Gasteiger partial charge on any atom is -0.469 e. The monoisotopic (exact) mass is 330 g/mol. The molecule has 0 aliphatic rings. The SMILES string of the molecule is COCCN(CCC(=O)OC)c1ncc(C)cc1Br. The molecule has 0 fully saturated rings. The molecule has 0 bridgehead atoms. The van der Waals surface area contributed by atoms with Gasteiger partial charge in [0, 0.05) is 26.4 Å². The van der Waals surface area contributed by atoms with E-state index in [4.69, 9.17) is 4.74 Å². The van der Waals surface area contributed by atoms with E-state index in [0.717, 1.165) is 15.9 Å². The van der Waals surface area contributed by atoms with E-state index in [1.165, 1.54) is 7.11 Å². The molecule has 1 rings (SSSR count). The highest BCUT2D eigenvalue weighted by atomic mass is 79.9. The first-order valence-corrected chi connectivity index (χ1v) is 6.80. The van der Waals surface area contributed by atoms with Crippen LogP contribution < -0.4 is 4.90 Å². The molecule has 19 heavy (non-hydrogen) atoms. The van der Waals surface area contributed by atoms with Gasteiger partial charge in [-0.15, -0.1) is 0 Å². The number of esters is 1. The molecule has 0 saturated heterocycles. The van der Waals surface area contributed by atoms with Crippen LogP contribution in [-0.2, 0) is 14.3 Å². The highest BCUT2D eigenvalue weighted by Gasteiger charge is 2.13. The number of aromatic nitrogens is 1. The van der Waals surface area contributed by atoms with Crippen LogP contribution in [0.5, 0.6) is 0 Å². The number of halogens is 1. The number of hydrogen-bond acceptors (Lipinski definition) is 5. The highest BCUT2D eigenvalue weighted by molar-refractivity contribution is 9.10. The van der Waals surface area contributed by atoms with E-state index in [0.29, 0.717) is 26.1 Å². The van der Waals surface area contributed by atoms with E-state index in [1.807, 2.05) is 17.9 Å². The maximum absolute atomic E-state index is 11.2. The molecule has 0 unspecified atom stereocenters. The molecule has 0 radical (unpaired) electrons. The molecule has 0 N–H and O–H groups in total. The van der Waals surface area contributed by atoms with Crippen molar-refractivity contribution in [2.75, 3.05) is 38.8 Å². The minimum atomic E-state index is -0.231. The molecule has 1 heterocycles. The van der Waals surface area contributed by atoms with Crippen molar-refractivity contribution in [3.05, 3.63) is 22.3 Å². The molecule has 0 saturated carbocycles. The number of methoxy groups -OCH3 is 2. The van der Waals surface area contributed by atoms with Crippen molar-refractivity contribution in [1.29, 1.82) is 0 Å². The predicted molar refractivity (Wildman–Crippen MR) is 77.4 cm³/mol. The first-order chi connectivity index (χ1) is 9.08. The van der Waals surface area contributed by atoms with E-state index < -0.39 is 0 Å². The third-order valence-electron chi connectivity index (χ3n) is 2.64. The quantitative estimate of drug-likeness (QED) is 0.717. The lowest BCUT2D eigenvalue weighted by molar-refractivity contribution is -0.140. The van der Waals surface area contributed by atoms with Gasteiger partial charge in [0.15, 0.2) is 0 Å². The topological polar surface area (TPSA) is 51.7 Å². The van der Waals surface area contributed by atoms with Crippen molar-refractivity contribution in [2.45, 2.75) is 13.3 Å². The number of aryl methyl sites for hydroxylation is 1. The van der Waals surface area contributed by atoms with Gasteiger partial charge in [-0.1, -0.05) is 0 Å². The molecule has 0 aliphatic carbocycles. The number of rotatable bonds is 7. The summed E-state index contributed by atoms with van der Waals surface area (Å²) >= 11 is 3.50. The van der Waals surface area contributed by atoms with Crippen LogP contribution in [0.3, 0.4) is 0 Å². The number of carbonyl (C=O) groups excluding carboxylic acids is 1. The fraction of sp³-hybridized carbons (Fsp3) is 0.538. The molecule has 5 nitrogen and oxygen atoms in total. The van der Waals surface area contributed by atoms with Gasteiger partial charge in [-0.3, -0.25) is 4.79 Å². The highest BCUT2D eigenvalue weighted by Crippen LogP contribution is 2.24. The zero-order valence-electron chi connectivity index (χ0n) is 11.5. The third kappa shape index (κ3) is 5.16. The van der Waals surface area contributed by atoms with Gasteiger partial charge < -0.3 is 14.4 Å². The van der Waals surface area contributed by atoms with E-state index in [9.17, 15) is 4.79 Å². The van der Waals surface area contributed by atoms with Crippen molar-refractivity contribution in [3.63, 3.8) is 0 Å². The Morgan fingerprint density at radius 1 is 1.42 bits per heavy atom. The molecular formula is C13H19BrN2O3. The molecular weight excluding hydrogens is 312 g/mol. The maximum atomic E-state index is 11.2. The average Bonchev–Trinajstić information content (AvgIpc) is 2.39. The summed E-state index contributed by atoms with van der Waals surface area (Å²) in [6.45, 7) is 3.77. The van der Waals surface area contributed by atoms with Crippen molar-refractivity contribution in [1.82, 2.24) is 4.98 Å². The van der Waals surface area contributed by atoms with Gasteiger partial charge in [0.05, 0.1) is 24.6 Å². The van der Waals surface area contributed by atoms with Gasteiger partial charge in [0.25, 0.3) is 0 Å². The Bertz CT molecular complexity index is 426. The summed E-state index contributed by atoms with van der Waals surface area (Å²) < 4.78 is 10.7. The smallest absolute Gasteiger partial charge is 0.307 e. The first-order valence-electron chi connectivity index (χ1n) is 6.01. The normalized spacial score (nSPS) is 10.3. The van der Waals surface area contributed by atoms with Gasteiger partial charge in [-0.05, 0) is 34.5 Å². The zero-order chi connectivity index (χ0) is 14.3. The fourth-order valence-electron chi connectivity index (χ4n) is 1.61. The van der Waals surface area contributed by atoms with Gasteiger partial charge in [0.1, 0.15) is 5.82 Å².